The topological polar surface area (TPSA) is 88.1 Å². The van der Waals surface area contributed by atoms with Crippen LogP contribution in [0.3, 0.4) is 0 Å². The molecular formula is C22H27N3O4S. The molecule has 1 fully saturated rings. The van der Waals surface area contributed by atoms with Gasteiger partial charge in [0.05, 0.1) is 18.6 Å². The first-order valence-electron chi connectivity index (χ1n) is 10.0. The van der Waals surface area contributed by atoms with Crippen LogP contribution in [0.2, 0.25) is 0 Å². The zero-order valence-corrected chi connectivity index (χ0v) is 17.9. The molecule has 1 aliphatic rings. The molecule has 0 aliphatic heterocycles. The van der Waals surface area contributed by atoms with Crippen molar-refractivity contribution >= 4 is 21.6 Å². The van der Waals surface area contributed by atoms with Crippen LogP contribution < -0.4 is 10.2 Å². The lowest BCUT2D eigenvalue weighted by Crippen LogP contribution is -2.39. The van der Waals surface area contributed by atoms with Crippen LogP contribution in [0.15, 0.2) is 64.6 Å². The van der Waals surface area contributed by atoms with Gasteiger partial charge in [-0.05, 0) is 55.5 Å². The molecule has 0 atom stereocenters. The van der Waals surface area contributed by atoms with Crippen LogP contribution in [0.4, 0.5) is 0 Å². The Hall–Kier alpha value is -2.71. The number of benzene rings is 2. The molecule has 3 rings (SSSR count). The van der Waals surface area contributed by atoms with Crippen molar-refractivity contribution in [2.75, 3.05) is 13.7 Å². The molecule has 2 aromatic carbocycles. The van der Waals surface area contributed by atoms with E-state index in [0.717, 1.165) is 37.0 Å². The van der Waals surface area contributed by atoms with Gasteiger partial charge in [-0.2, -0.15) is 9.41 Å². The largest absolute Gasteiger partial charge is 0.497 e. The summed E-state index contributed by atoms with van der Waals surface area (Å²) in [5, 5.41) is 4.20. The number of amides is 1. The number of nitrogens with one attached hydrogen (secondary N) is 1. The molecule has 160 valence electrons. The number of ether oxygens (including phenoxy) is 1. The summed E-state index contributed by atoms with van der Waals surface area (Å²) in [5.74, 6) is 0.103. The Balaban J connectivity index is 1.79. The molecule has 0 heterocycles. The van der Waals surface area contributed by atoms with Crippen molar-refractivity contribution in [1.29, 1.82) is 0 Å². The zero-order chi connectivity index (χ0) is 21.4. The van der Waals surface area contributed by atoms with Crippen molar-refractivity contribution in [3.8, 4) is 5.75 Å². The predicted molar refractivity (Wildman–Crippen MR) is 116 cm³/mol. The third-order valence-corrected chi connectivity index (χ3v) is 6.79. The number of nitrogens with zero attached hydrogens (tertiary/aromatic N) is 2. The van der Waals surface area contributed by atoms with Crippen LogP contribution in [0.5, 0.6) is 5.75 Å². The number of sulfonamides is 1. The van der Waals surface area contributed by atoms with Crippen LogP contribution in [0.25, 0.3) is 0 Å². The van der Waals surface area contributed by atoms with Crippen LogP contribution in [0.1, 0.15) is 37.7 Å². The van der Waals surface area contributed by atoms with Gasteiger partial charge < -0.3 is 4.74 Å². The Morgan fingerprint density at radius 1 is 1.03 bits per heavy atom. The normalized spacial score (nSPS) is 14.4. The molecule has 0 unspecified atom stereocenters. The first kappa shape index (κ1) is 22.0. The molecular weight excluding hydrogens is 402 g/mol. The minimum Gasteiger partial charge on any atom is -0.497 e. The van der Waals surface area contributed by atoms with E-state index in [-0.39, 0.29) is 18.0 Å². The molecule has 0 spiro atoms. The fourth-order valence-corrected chi connectivity index (χ4v) is 4.70. The number of methoxy groups -OCH3 is 1. The second-order valence-corrected chi connectivity index (χ2v) is 9.15. The maximum Gasteiger partial charge on any atom is 0.255 e. The summed E-state index contributed by atoms with van der Waals surface area (Å²) < 4.78 is 32.8. The highest BCUT2D eigenvalue weighted by molar-refractivity contribution is 7.89. The van der Waals surface area contributed by atoms with Crippen molar-refractivity contribution in [2.45, 2.75) is 43.5 Å². The van der Waals surface area contributed by atoms with Gasteiger partial charge in [-0.1, -0.05) is 36.8 Å². The van der Waals surface area contributed by atoms with Crippen molar-refractivity contribution in [1.82, 2.24) is 9.73 Å². The van der Waals surface area contributed by atoms with Gasteiger partial charge in [-0.3, -0.25) is 4.79 Å². The standard InChI is InChI=1S/C22H27N3O4S/c1-29-20-12-14-21(15-13-20)30(27,28)25(16-18-8-4-2-5-9-18)17-22(26)24-23-19-10-6-3-7-11-19/h2,4-5,8-9,12-15H,3,6-7,10-11,16-17H2,1H3,(H,24,26). The first-order valence-corrected chi connectivity index (χ1v) is 11.5. The molecule has 0 aromatic heterocycles. The summed E-state index contributed by atoms with van der Waals surface area (Å²) in [6.07, 6.45) is 5.07. The van der Waals surface area contributed by atoms with E-state index in [9.17, 15) is 13.2 Å². The summed E-state index contributed by atoms with van der Waals surface area (Å²) >= 11 is 0. The van der Waals surface area contributed by atoms with Gasteiger partial charge in [-0.25, -0.2) is 13.8 Å². The molecule has 7 nitrogen and oxygen atoms in total. The van der Waals surface area contributed by atoms with E-state index in [1.54, 1.807) is 12.1 Å². The van der Waals surface area contributed by atoms with Gasteiger partial charge in [0, 0.05) is 12.3 Å². The number of hydrazone groups is 1. The van der Waals surface area contributed by atoms with Crippen LogP contribution >= 0.6 is 0 Å². The van der Waals surface area contributed by atoms with Gasteiger partial charge >= 0.3 is 0 Å². The van der Waals surface area contributed by atoms with E-state index in [1.165, 1.54) is 30.0 Å². The Labute approximate surface area is 177 Å². The third-order valence-electron chi connectivity index (χ3n) is 4.99. The lowest BCUT2D eigenvalue weighted by molar-refractivity contribution is -0.121. The van der Waals surface area contributed by atoms with E-state index in [1.807, 2.05) is 30.3 Å². The highest BCUT2D eigenvalue weighted by Crippen LogP contribution is 2.21. The maximum atomic E-state index is 13.2. The molecule has 8 heteroatoms. The smallest absolute Gasteiger partial charge is 0.255 e. The quantitative estimate of drug-likeness (QED) is 0.652. The second kappa shape index (κ2) is 10.4. The fraction of sp³-hybridized carbons (Fsp3) is 0.364. The predicted octanol–water partition coefficient (Wildman–Crippen LogP) is 3.32. The first-order chi connectivity index (χ1) is 14.5. The Kier molecular flexibility index (Phi) is 7.59. The molecule has 1 saturated carbocycles. The summed E-state index contributed by atoms with van der Waals surface area (Å²) in [6, 6.07) is 15.3. The number of carbonyl (C=O) groups excluding carboxylic acids is 1. The molecule has 1 aliphatic carbocycles. The molecule has 0 saturated heterocycles. The molecule has 1 amide bonds. The van der Waals surface area contributed by atoms with Gasteiger partial charge in [-0.15, -0.1) is 0 Å². The zero-order valence-electron chi connectivity index (χ0n) is 17.1. The number of carbonyl (C=O) groups is 1. The van der Waals surface area contributed by atoms with Gasteiger partial charge in [0.25, 0.3) is 5.91 Å². The highest BCUT2D eigenvalue weighted by atomic mass is 32.2. The maximum absolute atomic E-state index is 13.2. The summed E-state index contributed by atoms with van der Waals surface area (Å²) in [6.45, 7) is -0.237. The van der Waals surface area contributed by atoms with E-state index >= 15 is 0 Å². The van der Waals surface area contributed by atoms with Crippen LogP contribution in [0, 0.1) is 0 Å². The summed E-state index contributed by atoms with van der Waals surface area (Å²) in [7, 11) is -2.38. The van der Waals surface area contributed by atoms with Crippen molar-refractivity contribution in [2.24, 2.45) is 5.10 Å². The van der Waals surface area contributed by atoms with Crippen molar-refractivity contribution in [3.05, 3.63) is 60.2 Å². The van der Waals surface area contributed by atoms with Gasteiger partial charge in [0.15, 0.2) is 0 Å². The minimum absolute atomic E-state index is 0.0825. The number of rotatable bonds is 8. The summed E-state index contributed by atoms with van der Waals surface area (Å²) in [4.78, 5) is 12.6. The molecule has 2 aromatic rings. The third kappa shape index (κ3) is 5.90. The fourth-order valence-electron chi connectivity index (χ4n) is 3.32. The minimum atomic E-state index is -3.89. The van der Waals surface area contributed by atoms with Crippen molar-refractivity contribution in [3.63, 3.8) is 0 Å². The average Bonchev–Trinajstić information content (AvgIpc) is 2.78. The molecule has 1 N–H and O–H groups in total. The summed E-state index contributed by atoms with van der Waals surface area (Å²) in [5.41, 5.74) is 4.29. The van der Waals surface area contributed by atoms with Crippen LogP contribution in [-0.4, -0.2) is 38.0 Å². The monoisotopic (exact) mass is 429 g/mol. The van der Waals surface area contributed by atoms with E-state index in [4.69, 9.17) is 4.74 Å². The van der Waals surface area contributed by atoms with Gasteiger partial charge in [0.2, 0.25) is 10.0 Å². The SMILES string of the molecule is COc1ccc(S(=O)(=O)N(CC(=O)NN=C2CCCCC2)Cc2ccccc2)cc1. The molecule has 0 radical (unpaired) electrons. The number of hydrogen-bond donors (Lipinski definition) is 1. The number of hydrogen-bond acceptors (Lipinski definition) is 5. The second-order valence-electron chi connectivity index (χ2n) is 7.21. The highest BCUT2D eigenvalue weighted by Gasteiger charge is 2.27. The lowest BCUT2D eigenvalue weighted by atomic mass is 9.99. The Bertz CT molecular complexity index is 965. The van der Waals surface area contributed by atoms with E-state index < -0.39 is 15.9 Å². The molecule has 0 bridgehead atoms. The lowest BCUT2D eigenvalue weighted by Gasteiger charge is -2.22. The van der Waals surface area contributed by atoms with Crippen molar-refractivity contribution < 1.29 is 17.9 Å². The van der Waals surface area contributed by atoms with Crippen LogP contribution in [-0.2, 0) is 21.4 Å². The van der Waals surface area contributed by atoms with E-state index in [0.29, 0.717) is 5.75 Å². The Morgan fingerprint density at radius 3 is 2.33 bits per heavy atom. The molecule has 30 heavy (non-hydrogen) atoms. The van der Waals surface area contributed by atoms with E-state index in [2.05, 4.69) is 10.5 Å². The van der Waals surface area contributed by atoms with Gasteiger partial charge in [0.1, 0.15) is 5.75 Å². The Morgan fingerprint density at radius 2 is 1.70 bits per heavy atom. The average molecular weight is 430 g/mol.